The zero-order valence-electron chi connectivity index (χ0n) is 20.9. The Morgan fingerprint density at radius 2 is 1.69 bits per heavy atom. The van der Waals surface area contributed by atoms with Crippen molar-refractivity contribution < 1.29 is 0 Å². The second-order valence-corrected chi connectivity index (χ2v) is 10.7. The molecule has 1 aliphatic heterocycles. The van der Waals surface area contributed by atoms with Crippen molar-refractivity contribution in [3.05, 3.63) is 75.8 Å². The minimum absolute atomic E-state index is 0.666. The predicted octanol–water partition coefficient (Wildman–Crippen LogP) is 6.37. The molecule has 0 bridgehead atoms. The lowest BCUT2D eigenvalue weighted by atomic mass is 9.93. The summed E-state index contributed by atoms with van der Waals surface area (Å²) in [7, 11) is 0. The van der Waals surface area contributed by atoms with Crippen LogP contribution in [0.1, 0.15) is 54.4 Å². The molecule has 4 aromatic rings. The minimum Gasteiger partial charge on any atom is -0.355 e. The van der Waals surface area contributed by atoms with Gasteiger partial charge in [-0.25, -0.2) is 4.98 Å². The Morgan fingerprint density at radius 1 is 0.972 bits per heavy atom. The molecule has 2 aromatic carbocycles. The Hall–Kier alpha value is -3.07. The monoisotopic (exact) mass is 497 g/mol. The summed E-state index contributed by atoms with van der Waals surface area (Å²) in [6.45, 7) is 6.22. The first-order valence-corrected chi connectivity index (χ1v) is 13.6. The number of rotatable bonds is 4. The van der Waals surface area contributed by atoms with Crippen LogP contribution in [0.25, 0.3) is 16.7 Å². The summed E-state index contributed by atoms with van der Waals surface area (Å²) in [6.07, 6.45) is 7.56. The number of imidazole rings is 1. The van der Waals surface area contributed by atoms with Gasteiger partial charge in [0.25, 0.3) is 0 Å². The molecule has 2 aromatic heterocycles. The van der Waals surface area contributed by atoms with Gasteiger partial charge in [0, 0.05) is 49.2 Å². The van der Waals surface area contributed by atoms with Crippen molar-refractivity contribution >= 4 is 34.1 Å². The second kappa shape index (κ2) is 9.76. The Morgan fingerprint density at radius 3 is 2.42 bits per heavy atom. The Bertz CT molecular complexity index is 1430. The van der Waals surface area contributed by atoms with E-state index in [1.165, 1.54) is 49.0 Å². The first-order chi connectivity index (χ1) is 17.6. The molecule has 6 heteroatoms. The summed E-state index contributed by atoms with van der Waals surface area (Å²) in [5, 5.41) is 10.9. The van der Waals surface area contributed by atoms with Gasteiger partial charge in [-0.05, 0) is 55.2 Å². The molecule has 1 saturated heterocycles. The molecule has 2 aliphatic rings. The lowest BCUT2D eigenvalue weighted by Crippen LogP contribution is -2.51. The molecule has 0 radical (unpaired) electrons. The van der Waals surface area contributed by atoms with E-state index in [2.05, 4.69) is 51.5 Å². The van der Waals surface area contributed by atoms with E-state index in [4.69, 9.17) is 16.6 Å². The fourth-order valence-corrected chi connectivity index (χ4v) is 6.38. The number of halogens is 1. The summed E-state index contributed by atoms with van der Waals surface area (Å²) in [5.41, 5.74) is 6.85. The van der Waals surface area contributed by atoms with E-state index >= 15 is 0 Å². The maximum Gasteiger partial charge on any atom is 0.157 e. The third kappa shape index (κ3) is 4.13. The average molecular weight is 498 g/mol. The highest BCUT2D eigenvalue weighted by atomic mass is 35.5. The Labute approximate surface area is 217 Å². The van der Waals surface area contributed by atoms with E-state index in [1.807, 2.05) is 24.3 Å². The van der Waals surface area contributed by atoms with Crippen molar-refractivity contribution in [1.29, 1.82) is 5.26 Å². The van der Waals surface area contributed by atoms with Crippen LogP contribution in [0.3, 0.4) is 0 Å². The van der Waals surface area contributed by atoms with Gasteiger partial charge >= 0.3 is 0 Å². The number of aromatic nitrogens is 2. The summed E-state index contributed by atoms with van der Waals surface area (Å²) in [4.78, 5) is 10.2. The number of anilines is 1. The Balaban J connectivity index is 1.48. The molecule has 0 unspecified atom stereocenters. The first kappa shape index (κ1) is 23.3. The van der Waals surface area contributed by atoms with Gasteiger partial charge in [-0.3, -0.25) is 9.30 Å². The molecule has 3 heterocycles. The van der Waals surface area contributed by atoms with Crippen LogP contribution in [-0.2, 0) is 6.42 Å². The van der Waals surface area contributed by atoms with Gasteiger partial charge in [-0.1, -0.05) is 55.1 Å². The number of hydrogen-bond donors (Lipinski definition) is 0. The van der Waals surface area contributed by atoms with Crippen LogP contribution >= 0.6 is 11.6 Å². The van der Waals surface area contributed by atoms with Crippen molar-refractivity contribution in [2.75, 3.05) is 31.1 Å². The maximum atomic E-state index is 10.2. The highest BCUT2D eigenvalue weighted by Crippen LogP contribution is 2.36. The molecule has 1 saturated carbocycles. The van der Waals surface area contributed by atoms with Crippen LogP contribution in [0.15, 0.2) is 48.5 Å². The third-order valence-electron chi connectivity index (χ3n) is 8.20. The molecular weight excluding hydrogens is 466 g/mol. The van der Waals surface area contributed by atoms with Crippen LogP contribution in [0.2, 0.25) is 5.02 Å². The highest BCUT2D eigenvalue weighted by Gasteiger charge is 2.29. The number of nitrogens with zero attached hydrogens (tertiary/aromatic N) is 5. The smallest absolute Gasteiger partial charge is 0.157 e. The third-order valence-corrected chi connectivity index (χ3v) is 8.46. The normalized spacial score (nSPS) is 17.6. The first-order valence-electron chi connectivity index (χ1n) is 13.2. The summed E-state index contributed by atoms with van der Waals surface area (Å²) < 4.78 is 2.25. The van der Waals surface area contributed by atoms with E-state index in [0.29, 0.717) is 5.56 Å². The highest BCUT2D eigenvalue weighted by molar-refractivity contribution is 6.30. The van der Waals surface area contributed by atoms with Crippen LogP contribution < -0.4 is 4.90 Å². The number of piperazine rings is 1. The zero-order chi connectivity index (χ0) is 24.6. The number of benzene rings is 2. The van der Waals surface area contributed by atoms with Gasteiger partial charge in [-0.2, -0.15) is 5.26 Å². The molecule has 6 rings (SSSR count). The van der Waals surface area contributed by atoms with E-state index in [-0.39, 0.29) is 0 Å². The van der Waals surface area contributed by atoms with Crippen molar-refractivity contribution in [2.24, 2.45) is 0 Å². The van der Waals surface area contributed by atoms with E-state index in [9.17, 15) is 5.26 Å². The number of fused-ring (bicyclic) bond motifs is 3. The van der Waals surface area contributed by atoms with E-state index in [1.54, 1.807) is 0 Å². The zero-order valence-corrected chi connectivity index (χ0v) is 21.6. The lowest BCUT2D eigenvalue weighted by molar-refractivity contribution is 0.147. The van der Waals surface area contributed by atoms with Crippen molar-refractivity contribution in [2.45, 2.75) is 51.5 Å². The summed E-state index contributed by atoms with van der Waals surface area (Å²) in [6, 6.07) is 19.6. The van der Waals surface area contributed by atoms with Crippen LogP contribution in [-0.4, -0.2) is 46.5 Å². The quantitative estimate of drug-likeness (QED) is 0.329. The van der Waals surface area contributed by atoms with Gasteiger partial charge in [0.2, 0.25) is 0 Å². The Kier molecular flexibility index (Phi) is 6.33. The summed E-state index contributed by atoms with van der Waals surface area (Å²) >= 11 is 6.18. The van der Waals surface area contributed by atoms with Crippen molar-refractivity contribution in [3.63, 3.8) is 0 Å². The standard InChI is InChI=1S/C30H32ClN5/c1-21-25(19-22-11-13-23(31)14-12-22)30(35-17-15-34(16-18-35)24-7-3-2-4-8-24)36-28-10-6-5-9-27(28)33-29(36)26(21)20-32/h5-6,9-14,24H,2-4,7-8,15-19H2,1H3. The van der Waals surface area contributed by atoms with Crippen molar-refractivity contribution in [3.8, 4) is 6.07 Å². The molecule has 36 heavy (non-hydrogen) atoms. The average Bonchev–Trinajstić information content (AvgIpc) is 3.30. The van der Waals surface area contributed by atoms with Crippen LogP contribution in [0, 0.1) is 18.3 Å². The van der Waals surface area contributed by atoms with Crippen LogP contribution in [0.4, 0.5) is 5.82 Å². The van der Waals surface area contributed by atoms with E-state index < -0.39 is 0 Å². The molecule has 2 fully saturated rings. The molecule has 184 valence electrons. The second-order valence-electron chi connectivity index (χ2n) is 10.3. The minimum atomic E-state index is 0.666. The maximum absolute atomic E-state index is 10.2. The number of hydrogen-bond acceptors (Lipinski definition) is 4. The molecule has 1 aliphatic carbocycles. The topological polar surface area (TPSA) is 47.6 Å². The fraction of sp³-hybridized carbons (Fsp3) is 0.400. The van der Waals surface area contributed by atoms with E-state index in [0.717, 1.165) is 65.9 Å². The van der Waals surface area contributed by atoms with Gasteiger partial charge in [0.15, 0.2) is 5.65 Å². The van der Waals surface area contributed by atoms with Crippen LogP contribution in [0.5, 0.6) is 0 Å². The van der Waals surface area contributed by atoms with Gasteiger partial charge in [-0.15, -0.1) is 0 Å². The lowest BCUT2D eigenvalue weighted by Gasteiger charge is -2.42. The molecular formula is C30H32ClN5. The van der Waals surface area contributed by atoms with Gasteiger partial charge in [0.1, 0.15) is 11.9 Å². The largest absolute Gasteiger partial charge is 0.355 e. The summed E-state index contributed by atoms with van der Waals surface area (Å²) in [5.74, 6) is 1.19. The predicted molar refractivity (Wildman–Crippen MR) is 147 cm³/mol. The molecule has 5 nitrogen and oxygen atoms in total. The molecule has 0 atom stereocenters. The fourth-order valence-electron chi connectivity index (χ4n) is 6.26. The number of nitriles is 1. The van der Waals surface area contributed by atoms with Gasteiger partial charge in [0.05, 0.1) is 16.6 Å². The number of pyridine rings is 1. The SMILES string of the molecule is Cc1c(Cc2ccc(Cl)cc2)c(N2CCN(C3CCCCC3)CC2)n2c(nc3ccccc32)c1C#N. The van der Waals surface area contributed by atoms with Crippen molar-refractivity contribution in [1.82, 2.24) is 14.3 Å². The molecule has 0 amide bonds. The molecule has 0 spiro atoms. The number of para-hydroxylation sites is 2. The van der Waals surface area contributed by atoms with Gasteiger partial charge < -0.3 is 4.90 Å². The molecule has 0 N–H and O–H groups in total.